The van der Waals surface area contributed by atoms with Crippen molar-refractivity contribution in [1.82, 2.24) is 0 Å². The van der Waals surface area contributed by atoms with Crippen LogP contribution in [0.15, 0.2) is 22.7 Å². The molecular formula is C17H26BrN. The monoisotopic (exact) mass is 323 g/mol. The molecule has 0 aromatic heterocycles. The molecule has 106 valence electrons. The largest absolute Gasteiger partial charge is 0.382 e. The van der Waals surface area contributed by atoms with E-state index in [1.807, 2.05) is 0 Å². The molecule has 0 radical (unpaired) electrons. The molecule has 0 spiro atoms. The van der Waals surface area contributed by atoms with Crippen LogP contribution in [0.2, 0.25) is 0 Å². The fraction of sp³-hybridized carbons (Fsp3) is 0.647. The van der Waals surface area contributed by atoms with E-state index < -0.39 is 0 Å². The van der Waals surface area contributed by atoms with Gasteiger partial charge in [-0.1, -0.05) is 55.6 Å². The van der Waals surface area contributed by atoms with Crippen molar-refractivity contribution in [2.45, 2.75) is 59.4 Å². The van der Waals surface area contributed by atoms with E-state index in [9.17, 15) is 0 Å². The lowest BCUT2D eigenvalue weighted by Gasteiger charge is -2.41. The van der Waals surface area contributed by atoms with E-state index in [2.05, 4.69) is 67.1 Å². The standard InChI is InChI=1S/C17H26BrN/c1-12-14(18)9-7-11-15(12)19-16-10-6-5-8-13(16)17(2,3)4/h7,9,11,13,16,19H,5-6,8,10H2,1-4H3. The maximum Gasteiger partial charge on any atom is 0.0383 e. The fourth-order valence-corrected chi connectivity index (χ4v) is 3.67. The molecule has 0 saturated heterocycles. The number of benzene rings is 1. The summed E-state index contributed by atoms with van der Waals surface area (Å²) in [5.41, 5.74) is 2.99. The second-order valence-electron chi connectivity index (χ2n) is 6.92. The van der Waals surface area contributed by atoms with Crippen molar-refractivity contribution in [3.05, 3.63) is 28.2 Å². The van der Waals surface area contributed by atoms with Crippen molar-refractivity contribution < 1.29 is 0 Å². The lowest BCUT2D eigenvalue weighted by atomic mass is 9.69. The first-order valence-corrected chi connectivity index (χ1v) is 8.20. The van der Waals surface area contributed by atoms with Gasteiger partial charge in [0.05, 0.1) is 0 Å². The number of nitrogens with one attached hydrogen (secondary N) is 1. The van der Waals surface area contributed by atoms with Gasteiger partial charge in [0.2, 0.25) is 0 Å². The van der Waals surface area contributed by atoms with E-state index in [-0.39, 0.29) is 0 Å². The number of hydrogen-bond donors (Lipinski definition) is 1. The molecule has 1 saturated carbocycles. The zero-order chi connectivity index (χ0) is 14.0. The Labute approximate surface area is 126 Å². The highest BCUT2D eigenvalue weighted by Crippen LogP contribution is 2.39. The smallest absolute Gasteiger partial charge is 0.0383 e. The third kappa shape index (κ3) is 3.53. The van der Waals surface area contributed by atoms with Crippen molar-refractivity contribution in [3.63, 3.8) is 0 Å². The molecule has 2 rings (SSSR count). The predicted octanol–water partition coefficient (Wildman–Crippen LogP) is 5.77. The molecule has 1 aromatic rings. The Morgan fingerprint density at radius 1 is 1.16 bits per heavy atom. The van der Waals surface area contributed by atoms with Crippen LogP contribution >= 0.6 is 15.9 Å². The lowest BCUT2D eigenvalue weighted by Crippen LogP contribution is -2.39. The summed E-state index contributed by atoms with van der Waals surface area (Å²) in [4.78, 5) is 0. The Hall–Kier alpha value is -0.500. The van der Waals surface area contributed by atoms with E-state index in [1.54, 1.807) is 0 Å². The molecule has 2 atom stereocenters. The van der Waals surface area contributed by atoms with Crippen LogP contribution in [0.5, 0.6) is 0 Å². The van der Waals surface area contributed by atoms with Gasteiger partial charge in [0.1, 0.15) is 0 Å². The summed E-state index contributed by atoms with van der Waals surface area (Å²) in [5, 5.41) is 3.82. The zero-order valence-corrected chi connectivity index (χ0v) is 14.2. The van der Waals surface area contributed by atoms with Gasteiger partial charge in [0, 0.05) is 16.2 Å². The minimum atomic E-state index is 0.387. The van der Waals surface area contributed by atoms with Crippen LogP contribution < -0.4 is 5.32 Å². The fourth-order valence-electron chi connectivity index (χ4n) is 3.30. The highest BCUT2D eigenvalue weighted by atomic mass is 79.9. The molecule has 2 heteroatoms. The van der Waals surface area contributed by atoms with Crippen LogP contribution in [0, 0.1) is 18.3 Å². The average Bonchev–Trinajstić information content (AvgIpc) is 2.34. The van der Waals surface area contributed by atoms with E-state index in [1.165, 1.54) is 41.4 Å². The summed E-state index contributed by atoms with van der Waals surface area (Å²) in [5.74, 6) is 0.764. The van der Waals surface area contributed by atoms with Crippen molar-refractivity contribution in [2.75, 3.05) is 5.32 Å². The molecule has 0 amide bonds. The van der Waals surface area contributed by atoms with E-state index in [0.29, 0.717) is 11.5 Å². The van der Waals surface area contributed by atoms with Crippen molar-refractivity contribution >= 4 is 21.6 Å². The van der Waals surface area contributed by atoms with Gasteiger partial charge >= 0.3 is 0 Å². The van der Waals surface area contributed by atoms with Gasteiger partial charge in [-0.15, -0.1) is 0 Å². The summed E-state index contributed by atoms with van der Waals surface area (Å²) < 4.78 is 1.20. The summed E-state index contributed by atoms with van der Waals surface area (Å²) in [6, 6.07) is 7.05. The molecule has 1 aliphatic carbocycles. The number of anilines is 1. The maximum absolute atomic E-state index is 3.82. The van der Waals surface area contributed by atoms with Crippen LogP contribution in [0.4, 0.5) is 5.69 Å². The Bertz CT molecular complexity index is 433. The Balaban J connectivity index is 2.18. The van der Waals surface area contributed by atoms with E-state index in [4.69, 9.17) is 0 Å². The Kier molecular flexibility index (Phi) is 4.60. The quantitative estimate of drug-likeness (QED) is 0.728. The topological polar surface area (TPSA) is 12.0 Å². The van der Waals surface area contributed by atoms with Crippen LogP contribution in [0.25, 0.3) is 0 Å². The van der Waals surface area contributed by atoms with Crippen molar-refractivity contribution in [1.29, 1.82) is 0 Å². The first-order chi connectivity index (χ1) is 8.89. The summed E-state index contributed by atoms with van der Waals surface area (Å²) in [7, 11) is 0. The van der Waals surface area contributed by atoms with Crippen molar-refractivity contribution in [3.8, 4) is 0 Å². The summed E-state index contributed by atoms with van der Waals surface area (Å²) in [6.45, 7) is 9.32. The van der Waals surface area contributed by atoms with E-state index >= 15 is 0 Å². The number of rotatable bonds is 2. The summed E-state index contributed by atoms with van der Waals surface area (Å²) >= 11 is 3.63. The Morgan fingerprint density at radius 2 is 1.84 bits per heavy atom. The van der Waals surface area contributed by atoms with Gasteiger partial charge in [-0.3, -0.25) is 0 Å². The van der Waals surface area contributed by atoms with Gasteiger partial charge in [-0.05, 0) is 48.8 Å². The average molecular weight is 324 g/mol. The molecular weight excluding hydrogens is 298 g/mol. The molecule has 2 unspecified atom stereocenters. The normalized spacial score (nSPS) is 24.3. The molecule has 1 aliphatic rings. The van der Waals surface area contributed by atoms with Gasteiger partial charge in [-0.25, -0.2) is 0 Å². The van der Waals surface area contributed by atoms with Gasteiger partial charge in [-0.2, -0.15) is 0 Å². The van der Waals surface area contributed by atoms with Crippen LogP contribution in [0.1, 0.15) is 52.0 Å². The zero-order valence-electron chi connectivity index (χ0n) is 12.6. The summed E-state index contributed by atoms with van der Waals surface area (Å²) in [6.07, 6.45) is 5.40. The molecule has 1 N–H and O–H groups in total. The van der Waals surface area contributed by atoms with Crippen LogP contribution in [-0.4, -0.2) is 6.04 Å². The van der Waals surface area contributed by atoms with Crippen LogP contribution in [0.3, 0.4) is 0 Å². The second kappa shape index (κ2) is 5.87. The van der Waals surface area contributed by atoms with Gasteiger partial charge in [0.25, 0.3) is 0 Å². The van der Waals surface area contributed by atoms with Crippen LogP contribution in [-0.2, 0) is 0 Å². The molecule has 1 fully saturated rings. The molecule has 0 bridgehead atoms. The first kappa shape index (κ1) is 14.9. The molecule has 0 heterocycles. The minimum absolute atomic E-state index is 0.387. The second-order valence-corrected chi connectivity index (χ2v) is 7.77. The van der Waals surface area contributed by atoms with Gasteiger partial charge in [0.15, 0.2) is 0 Å². The van der Waals surface area contributed by atoms with E-state index in [0.717, 1.165) is 5.92 Å². The molecule has 1 aromatic carbocycles. The Morgan fingerprint density at radius 3 is 2.53 bits per heavy atom. The predicted molar refractivity (Wildman–Crippen MR) is 87.7 cm³/mol. The maximum atomic E-state index is 3.82. The SMILES string of the molecule is Cc1c(Br)cccc1NC1CCCCC1C(C)(C)C. The molecule has 19 heavy (non-hydrogen) atoms. The molecule has 1 nitrogen and oxygen atoms in total. The third-order valence-corrected chi connectivity index (χ3v) is 5.35. The number of hydrogen-bond acceptors (Lipinski definition) is 1. The minimum Gasteiger partial charge on any atom is -0.382 e. The van der Waals surface area contributed by atoms with Gasteiger partial charge < -0.3 is 5.32 Å². The number of halogens is 1. The van der Waals surface area contributed by atoms with Crippen molar-refractivity contribution in [2.24, 2.45) is 11.3 Å². The highest BCUT2D eigenvalue weighted by Gasteiger charge is 2.34. The lowest BCUT2D eigenvalue weighted by molar-refractivity contribution is 0.163. The molecule has 0 aliphatic heterocycles. The first-order valence-electron chi connectivity index (χ1n) is 7.41. The highest BCUT2D eigenvalue weighted by molar-refractivity contribution is 9.10. The third-order valence-electron chi connectivity index (χ3n) is 4.49.